The first-order valence-corrected chi connectivity index (χ1v) is 37.0. The summed E-state index contributed by atoms with van der Waals surface area (Å²) in [5, 5.41) is 50.1. The van der Waals surface area contributed by atoms with Crippen LogP contribution in [0.1, 0.15) is 168 Å². The topological polar surface area (TPSA) is 661 Å². The molecule has 16 N–H and O–H groups in total. The van der Waals surface area contributed by atoms with Gasteiger partial charge in [0.25, 0.3) is 6.29 Å². The smallest absolute Gasteiger partial charge is 0.465 e. The molecule has 0 rings (SSSR count). The van der Waals surface area contributed by atoms with Gasteiger partial charge in [-0.2, -0.15) is 0 Å². The molecule has 0 fully saturated rings. The average Bonchev–Trinajstić information content (AvgIpc) is 0.916. The third kappa shape index (κ3) is 125. The monoisotopic (exact) mass is 1750 g/mol. The zero-order chi connectivity index (χ0) is 86.7. The second kappa shape index (κ2) is 74.2. The fraction of sp³-hybridized carbons (Fsp3) is 0.797. The molecule has 0 aromatic carbocycles. The number of nitrogens with one attached hydrogen (secondary N) is 6. The van der Waals surface area contributed by atoms with Gasteiger partial charge in [-0.05, 0) is 166 Å². The number of hydrogen-bond donors (Lipinski definition) is 13. The molecule has 0 heterocycles. The Hall–Kier alpha value is -6.19. The molecule has 43 nitrogen and oxygen atoms in total. The van der Waals surface area contributed by atoms with Crippen LogP contribution in [0.25, 0.3) is 0 Å². The van der Waals surface area contributed by atoms with E-state index in [9.17, 15) is 57.5 Å². The Bertz CT molecular complexity index is 2370. The van der Waals surface area contributed by atoms with Crippen molar-refractivity contribution in [1.82, 2.24) is 31.9 Å². The number of hydrogen-bond acceptors (Lipinski definition) is 39. The molecule has 0 spiro atoms. The molecule has 0 aliphatic carbocycles. The second-order valence-corrected chi connectivity index (χ2v) is 27.9. The number of alkyl carbamates (subject to hydrolysis) is 4. The van der Waals surface area contributed by atoms with Crippen LogP contribution in [0.2, 0.25) is 0 Å². The van der Waals surface area contributed by atoms with E-state index in [2.05, 4.69) is 60.6 Å². The van der Waals surface area contributed by atoms with Gasteiger partial charge in [-0.3, -0.25) is 28.3 Å². The van der Waals surface area contributed by atoms with Crippen LogP contribution in [0.5, 0.6) is 0 Å². The molecule has 0 aromatic rings. The van der Waals surface area contributed by atoms with Crippen LogP contribution >= 0.6 is 12.4 Å². The Morgan fingerprint density at radius 1 is 0.400 bits per heavy atom. The fourth-order valence-corrected chi connectivity index (χ4v) is 4.82. The van der Waals surface area contributed by atoms with Crippen molar-refractivity contribution >= 4 is 91.1 Å². The van der Waals surface area contributed by atoms with Crippen molar-refractivity contribution in [3.8, 4) is 0 Å². The van der Waals surface area contributed by atoms with Gasteiger partial charge < -0.3 is 131 Å². The number of nitrogens with two attached hydrogens (primary N) is 3. The van der Waals surface area contributed by atoms with Crippen LogP contribution in [0, 0.1) is 0 Å². The molecule has 2 unspecified atom stereocenters. The van der Waals surface area contributed by atoms with Gasteiger partial charge in [-0.25, -0.2) is 47.9 Å². The molecule has 0 aliphatic heterocycles. The Kier molecular flexibility index (Phi) is 86.0. The van der Waals surface area contributed by atoms with Crippen molar-refractivity contribution in [3.63, 3.8) is 0 Å². The summed E-state index contributed by atoms with van der Waals surface area (Å²) in [7, 11) is 0. The molecular formula is C64H131ClIN10NaO33. The molecule has 0 aliphatic rings. The van der Waals surface area contributed by atoms with Crippen LogP contribution < -0.4 is 112 Å². The molecule has 0 radical (unpaired) electrons. The number of esters is 6. The van der Waals surface area contributed by atoms with Crippen molar-refractivity contribution in [2.75, 3.05) is 118 Å². The number of ether oxygens (including phenoxy) is 13. The zero-order valence-corrected chi connectivity index (χ0v) is 73.6. The zero-order valence-electron chi connectivity index (χ0n) is 68.6. The first kappa shape index (κ1) is 127. The molecule has 0 bridgehead atoms. The van der Waals surface area contributed by atoms with Crippen LogP contribution in [-0.2, 0) is 90.3 Å². The van der Waals surface area contributed by atoms with Crippen molar-refractivity contribution in [2.45, 2.75) is 218 Å². The van der Waals surface area contributed by atoms with Crippen molar-refractivity contribution in [1.29, 1.82) is 0 Å². The number of aliphatic hydroxyl groups is 4. The van der Waals surface area contributed by atoms with Crippen LogP contribution in [-0.4, -0.2) is 269 Å². The van der Waals surface area contributed by atoms with E-state index < -0.39 is 133 Å². The predicted molar refractivity (Wildman–Crippen MR) is 386 cm³/mol. The molecule has 46 heteroatoms. The largest absolute Gasteiger partial charge is 1.00 e. The fourth-order valence-electron chi connectivity index (χ4n) is 4.82. The number of nitrogens with zero attached hydrogens (tertiary/aromatic N) is 1. The molecule has 2 atom stereocenters. The summed E-state index contributed by atoms with van der Waals surface area (Å²) in [4.78, 5) is 135. The SMILES string of the molecule is CC(C)(C)OC(=O)NCCN.CC(C)(C)OC(=O)OC(=O)OC(C)(C)C.CCOC(=O)C(O)C(O)C(=O)OCC.CCOC(=O)C(O)O.CCOC(=O)C=NCCNC(=O)OC(C)(C)C.CCOC(=O)CNCCNC(=O)OC(C)(C)C.CCOC(=O)CNCCNC(=O)OC(C)(C)C.Cl.NCCN.[HH].[Na+].[O-][I+3]([O-])([O-])[O-]. The first-order chi connectivity index (χ1) is 49.1. The van der Waals surface area contributed by atoms with E-state index in [-0.39, 0.29) is 88.2 Å². The average molecular weight is 1750 g/mol. The van der Waals surface area contributed by atoms with E-state index >= 15 is 0 Å². The van der Waals surface area contributed by atoms with Gasteiger partial charge in [0.1, 0.15) is 59.9 Å². The normalized spacial score (nSPS) is 11.1. The summed E-state index contributed by atoms with van der Waals surface area (Å²) in [5.74, 6) is -4.19. The van der Waals surface area contributed by atoms with Crippen LogP contribution in [0.15, 0.2) is 4.99 Å². The van der Waals surface area contributed by atoms with Gasteiger partial charge in [0.15, 0.2) is 12.2 Å². The van der Waals surface area contributed by atoms with Crippen molar-refractivity contribution < 1.29 is 204 Å². The van der Waals surface area contributed by atoms with Crippen LogP contribution in [0.4, 0.5) is 28.8 Å². The molecule has 0 saturated carbocycles. The van der Waals surface area contributed by atoms with E-state index in [4.69, 9.17) is 89.3 Å². The second-order valence-electron chi connectivity index (χ2n) is 25.8. The van der Waals surface area contributed by atoms with Gasteiger partial charge >= 0.3 is 102 Å². The summed E-state index contributed by atoms with van der Waals surface area (Å²) >= 11 is -5.94. The Morgan fingerprint density at radius 2 is 0.655 bits per heavy atom. The van der Waals surface area contributed by atoms with Crippen molar-refractivity contribution in [2.24, 2.45) is 22.2 Å². The number of amides is 4. The predicted octanol–water partition coefficient (Wildman–Crippen LogP) is -7.67. The number of carbonyl (C=O) groups is 12. The van der Waals surface area contributed by atoms with E-state index in [0.717, 1.165) is 6.21 Å². The third-order valence-corrected chi connectivity index (χ3v) is 8.26. The Balaban J connectivity index is -0.000000101. The van der Waals surface area contributed by atoms with Gasteiger partial charge in [-0.1, -0.05) is 0 Å². The quantitative estimate of drug-likeness (QED) is 0.00531. The molecule has 0 aromatic heterocycles. The number of aliphatic imine (C=N–C) groups is 1. The van der Waals surface area contributed by atoms with Crippen LogP contribution in [0.3, 0.4) is 0 Å². The minimum atomic E-state index is -5.94. The molecule has 4 amide bonds. The summed E-state index contributed by atoms with van der Waals surface area (Å²) in [5.41, 5.74) is 11.6. The summed E-state index contributed by atoms with van der Waals surface area (Å²) in [6.07, 6.45) is -8.63. The standard InChI is InChI=1S/2C11H22N2O4.C11H20N2O4.C10H18O5.C8H14O6.C7H16N2O2.C4H8O4.C2H8N2.ClH.IO4.Na.H2/c3*1-5-16-9(14)8-12-6-7-13-10(15)17-11(2,3)4;1-9(2,3)14-7(11)13-8(12)15-10(4,5)6;1-3-13-7(11)5(9)6(10)8(12)14-4-2;1-7(2,3)11-6(10)9-5-4-8;1-2-8-4(7)3(5)6;3-1-2-4;;2-1(3,4)5;;/h2*12H,5-8H2,1-4H3,(H,13,15);8H,5-7H2,1-4H3,(H,13,15);1-6H3;5-6,9-10H,3-4H2,1-2H3;4-5,8H2,1-3H3,(H,9,10);3,5-6H,2H2,1H3;1-4H2;1H;;;1H/q;;;;;;;;;-1;+1;. The van der Waals surface area contributed by atoms with E-state index in [1.54, 1.807) is 145 Å². The van der Waals surface area contributed by atoms with Gasteiger partial charge in [0, 0.05) is 60.3 Å². The van der Waals surface area contributed by atoms with E-state index in [0.29, 0.717) is 85.3 Å². The van der Waals surface area contributed by atoms with E-state index in [1.165, 1.54) is 0 Å². The van der Waals surface area contributed by atoms with Gasteiger partial charge in [0.2, 0.25) is 0 Å². The minimum Gasteiger partial charge on any atom is -0.465 e. The Labute approximate surface area is 682 Å². The third-order valence-electron chi connectivity index (χ3n) is 8.26. The molecule has 650 valence electrons. The molecular weight excluding hydrogens is 1620 g/mol. The summed E-state index contributed by atoms with van der Waals surface area (Å²) in [6, 6.07) is 0. The van der Waals surface area contributed by atoms with E-state index in [1.807, 2.05) is 20.8 Å². The molecule has 0 saturated heterocycles. The molecule has 110 heavy (non-hydrogen) atoms. The number of rotatable bonds is 27. The van der Waals surface area contributed by atoms with Gasteiger partial charge in [0.05, 0.1) is 59.3 Å². The Morgan fingerprint density at radius 3 is 0.882 bits per heavy atom. The summed E-state index contributed by atoms with van der Waals surface area (Å²) in [6.45, 7) is 47.6. The summed E-state index contributed by atoms with van der Waals surface area (Å²) < 4.78 is 95.3. The van der Waals surface area contributed by atoms with Crippen molar-refractivity contribution in [3.05, 3.63) is 0 Å². The maximum atomic E-state index is 11.2. The number of aliphatic hydroxyl groups excluding tert-OH is 3. The minimum absolute atomic E-state index is 0. The maximum Gasteiger partial charge on any atom is 1.00 e. The van der Waals surface area contributed by atoms with Gasteiger partial charge in [-0.15, -0.1) is 12.4 Å². The number of carbonyl (C=O) groups excluding carboxylic acids is 12. The maximum absolute atomic E-state index is 11.2. The first-order valence-electron chi connectivity index (χ1n) is 33.5. The number of halogens is 2.